The lowest BCUT2D eigenvalue weighted by Crippen LogP contribution is -2.66. The molecule has 7 heteroatoms. The summed E-state index contributed by atoms with van der Waals surface area (Å²) in [6, 6.07) is 17.3. The number of methoxy groups -OCH3 is 1. The van der Waals surface area contributed by atoms with Crippen molar-refractivity contribution < 1.29 is 14.3 Å². The molecule has 3 aromatic rings. The Bertz CT molecular complexity index is 1050. The van der Waals surface area contributed by atoms with Crippen LogP contribution in [0.1, 0.15) is 10.4 Å². The number of carbonyl (C=O) groups excluding carboxylic acids is 1. The summed E-state index contributed by atoms with van der Waals surface area (Å²) in [4.78, 5) is 22.9. The second kappa shape index (κ2) is 7.42. The fourth-order valence-corrected chi connectivity index (χ4v) is 3.88. The van der Waals surface area contributed by atoms with Crippen LogP contribution in [-0.2, 0) is 9.47 Å². The molecule has 0 unspecified atom stereocenters. The molecule has 2 aliphatic heterocycles. The number of anilines is 3. The normalized spacial score (nSPS) is 16.5. The third-order valence-corrected chi connectivity index (χ3v) is 5.61. The standard InChI is InChI=1S/C23H22N4O3/c1-29-21(28)17-4-2-16(3-5-17)20-10-11-24-22(26-20)25-18-6-8-19(9-7-18)27-12-23(13-27)14-30-15-23/h2-11H,12-15H2,1H3,(H,24,25,26). The number of aromatic nitrogens is 2. The van der Waals surface area contributed by atoms with Crippen molar-refractivity contribution in [2.45, 2.75) is 0 Å². The first-order valence-electron chi connectivity index (χ1n) is 9.86. The molecule has 0 radical (unpaired) electrons. The zero-order chi connectivity index (χ0) is 20.6. The van der Waals surface area contributed by atoms with Crippen LogP contribution in [0, 0.1) is 5.41 Å². The lowest BCUT2D eigenvalue weighted by atomic mass is 9.78. The molecule has 5 rings (SSSR count). The summed E-state index contributed by atoms with van der Waals surface area (Å²) < 4.78 is 10.1. The van der Waals surface area contributed by atoms with Gasteiger partial charge in [-0.25, -0.2) is 14.8 Å². The molecule has 152 valence electrons. The lowest BCUT2D eigenvalue weighted by molar-refractivity contribution is -0.127. The third-order valence-electron chi connectivity index (χ3n) is 5.61. The quantitative estimate of drug-likeness (QED) is 0.655. The summed E-state index contributed by atoms with van der Waals surface area (Å²) in [7, 11) is 1.37. The molecule has 0 bridgehead atoms. The number of hydrogen-bond donors (Lipinski definition) is 1. The van der Waals surface area contributed by atoms with Crippen LogP contribution in [0.2, 0.25) is 0 Å². The number of nitrogens with zero attached hydrogens (tertiary/aromatic N) is 3. The van der Waals surface area contributed by atoms with Crippen LogP contribution in [0.5, 0.6) is 0 Å². The molecule has 1 aromatic heterocycles. The van der Waals surface area contributed by atoms with Crippen molar-refractivity contribution in [2.24, 2.45) is 5.41 Å². The van der Waals surface area contributed by atoms with E-state index in [2.05, 4.69) is 32.3 Å². The molecule has 0 atom stereocenters. The molecule has 0 saturated carbocycles. The van der Waals surface area contributed by atoms with Crippen LogP contribution in [-0.4, -0.2) is 49.4 Å². The molecule has 0 aliphatic carbocycles. The van der Waals surface area contributed by atoms with Gasteiger partial charge in [0.1, 0.15) is 0 Å². The van der Waals surface area contributed by atoms with E-state index >= 15 is 0 Å². The zero-order valence-electron chi connectivity index (χ0n) is 16.7. The Kier molecular flexibility index (Phi) is 4.59. The fraction of sp³-hybridized carbons (Fsp3) is 0.261. The maximum Gasteiger partial charge on any atom is 0.337 e. The van der Waals surface area contributed by atoms with Gasteiger partial charge < -0.3 is 19.7 Å². The average molecular weight is 402 g/mol. The smallest absolute Gasteiger partial charge is 0.337 e. The van der Waals surface area contributed by atoms with E-state index in [0.717, 1.165) is 43.2 Å². The van der Waals surface area contributed by atoms with Gasteiger partial charge in [-0.15, -0.1) is 0 Å². The van der Waals surface area contributed by atoms with Gasteiger partial charge >= 0.3 is 5.97 Å². The Morgan fingerprint density at radius 2 is 1.80 bits per heavy atom. The van der Waals surface area contributed by atoms with Crippen LogP contribution in [0.3, 0.4) is 0 Å². The molecule has 1 N–H and O–H groups in total. The number of carbonyl (C=O) groups is 1. The Hall–Kier alpha value is -3.45. The highest BCUT2D eigenvalue weighted by Crippen LogP contribution is 2.40. The first-order valence-corrected chi connectivity index (χ1v) is 9.86. The Labute approximate surface area is 174 Å². The van der Waals surface area contributed by atoms with Gasteiger partial charge in [0.15, 0.2) is 0 Å². The van der Waals surface area contributed by atoms with Crippen molar-refractivity contribution in [1.29, 1.82) is 0 Å². The van der Waals surface area contributed by atoms with Crippen molar-refractivity contribution >= 4 is 23.3 Å². The summed E-state index contributed by atoms with van der Waals surface area (Å²) in [6.07, 6.45) is 1.72. The number of rotatable bonds is 5. The van der Waals surface area contributed by atoms with Crippen molar-refractivity contribution in [3.8, 4) is 11.3 Å². The van der Waals surface area contributed by atoms with Crippen LogP contribution >= 0.6 is 0 Å². The molecule has 2 saturated heterocycles. The summed E-state index contributed by atoms with van der Waals surface area (Å²) in [5.74, 6) is 0.163. The van der Waals surface area contributed by atoms with E-state index in [1.807, 2.05) is 30.3 Å². The van der Waals surface area contributed by atoms with E-state index in [0.29, 0.717) is 16.9 Å². The molecule has 2 aliphatic rings. The van der Waals surface area contributed by atoms with Crippen molar-refractivity contribution in [3.05, 3.63) is 66.4 Å². The average Bonchev–Trinajstić information content (AvgIpc) is 2.73. The Morgan fingerprint density at radius 3 is 2.43 bits per heavy atom. The zero-order valence-corrected chi connectivity index (χ0v) is 16.7. The SMILES string of the molecule is COC(=O)c1ccc(-c2ccnc(Nc3ccc(N4CC5(COC5)C4)cc3)n2)cc1. The summed E-state index contributed by atoms with van der Waals surface area (Å²) in [5, 5.41) is 3.26. The number of hydrogen-bond acceptors (Lipinski definition) is 7. The van der Waals surface area contributed by atoms with Crippen molar-refractivity contribution in [1.82, 2.24) is 9.97 Å². The van der Waals surface area contributed by atoms with Crippen LogP contribution < -0.4 is 10.2 Å². The lowest BCUT2D eigenvalue weighted by Gasteiger charge is -2.56. The minimum Gasteiger partial charge on any atom is -0.465 e. The highest BCUT2D eigenvalue weighted by atomic mass is 16.5. The first kappa shape index (κ1) is 18.6. The number of benzene rings is 2. The summed E-state index contributed by atoms with van der Waals surface area (Å²) in [6.45, 7) is 3.92. The van der Waals surface area contributed by atoms with Crippen molar-refractivity contribution in [3.63, 3.8) is 0 Å². The van der Waals surface area contributed by atoms with E-state index in [-0.39, 0.29) is 5.97 Å². The maximum atomic E-state index is 11.6. The molecule has 30 heavy (non-hydrogen) atoms. The number of esters is 1. The van der Waals surface area contributed by atoms with E-state index in [1.165, 1.54) is 12.8 Å². The molecular weight excluding hydrogens is 380 g/mol. The molecule has 3 heterocycles. The van der Waals surface area contributed by atoms with Gasteiger partial charge in [0.05, 0.1) is 37.0 Å². The molecular formula is C23H22N4O3. The van der Waals surface area contributed by atoms with Gasteiger partial charge in [-0.3, -0.25) is 0 Å². The molecule has 1 spiro atoms. The minimum absolute atomic E-state index is 0.357. The van der Waals surface area contributed by atoms with E-state index in [1.54, 1.807) is 18.3 Å². The largest absolute Gasteiger partial charge is 0.465 e. The highest BCUT2D eigenvalue weighted by molar-refractivity contribution is 5.89. The predicted octanol–water partition coefficient (Wildman–Crippen LogP) is 3.51. The first-order chi connectivity index (χ1) is 14.6. The van der Waals surface area contributed by atoms with Crippen LogP contribution in [0.4, 0.5) is 17.3 Å². The topological polar surface area (TPSA) is 76.6 Å². The minimum atomic E-state index is -0.357. The molecule has 2 aromatic carbocycles. The Morgan fingerprint density at radius 1 is 1.07 bits per heavy atom. The third kappa shape index (κ3) is 3.48. The van der Waals surface area contributed by atoms with Gasteiger partial charge in [-0.05, 0) is 42.5 Å². The van der Waals surface area contributed by atoms with E-state index in [9.17, 15) is 4.79 Å². The van der Waals surface area contributed by atoms with Gasteiger partial charge in [-0.1, -0.05) is 12.1 Å². The van der Waals surface area contributed by atoms with Crippen LogP contribution in [0.15, 0.2) is 60.8 Å². The highest BCUT2D eigenvalue weighted by Gasteiger charge is 2.48. The summed E-state index contributed by atoms with van der Waals surface area (Å²) in [5.41, 5.74) is 4.73. The number of ether oxygens (including phenoxy) is 2. The maximum absolute atomic E-state index is 11.6. The van der Waals surface area contributed by atoms with E-state index < -0.39 is 0 Å². The molecule has 2 fully saturated rings. The van der Waals surface area contributed by atoms with Gasteiger partial charge in [-0.2, -0.15) is 0 Å². The Balaban J connectivity index is 1.26. The van der Waals surface area contributed by atoms with Crippen molar-refractivity contribution in [2.75, 3.05) is 43.6 Å². The van der Waals surface area contributed by atoms with Gasteiger partial charge in [0, 0.05) is 36.2 Å². The van der Waals surface area contributed by atoms with Gasteiger partial charge in [0.2, 0.25) is 5.95 Å². The van der Waals surface area contributed by atoms with E-state index in [4.69, 9.17) is 9.47 Å². The number of nitrogens with one attached hydrogen (secondary N) is 1. The summed E-state index contributed by atoms with van der Waals surface area (Å²) >= 11 is 0. The van der Waals surface area contributed by atoms with Gasteiger partial charge in [0.25, 0.3) is 0 Å². The fourth-order valence-electron chi connectivity index (χ4n) is 3.88. The molecule has 0 amide bonds. The second-order valence-corrected chi connectivity index (χ2v) is 7.86. The second-order valence-electron chi connectivity index (χ2n) is 7.86. The molecule has 7 nitrogen and oxygen atoms in total. The predicted molar refractivity (Wildman–Crippen MR) is 114 cm³/mol. The van der Waals surface area contributed by atoms with Crippen LogP contribution in [0.25, 0.3) is 11.3 Å². The monoisotopic (exact) mass is 402 g/mol.